The van der Waals surface area contributed by atoms with Gasteiger partial charge in [-0.05, 0) is 46.3 Å². The van der Waals surface area contributed by atoms with Gasteiger partial charge in [-0.2, -0.15) is 0 Å². The van der Waals surface area contributed by atoms with E-state index in [4.69, 9.17) is 10.5 Å². The molecule has 96 valence electrons. The van der Waals surface area contributed by atoms with Crippen molar-refractivity contribution in [1.82, 2.24) is 4.98 Å². The summed E-state index contributed by atoms with van der Waals surface area (Å²) in [5.41, 5.74) is 7.37. The summed E-state index contributed by atoms with van der Waals surface area (Å²) < 4.78 is 6.95. The number of fused-ring (bicyclic) bond motifs is 1. The predicted molar refractivity (Wildman–Crippen MR) is 82.5 cm³/mol. The van der Waals surface area contributed by atoms with Crippen LogP contribution in [0.1, 0.15) is 4.88 Å². The van der Waals surface area contributed by atoms with Crippen LogP contribution in [0.25, 0.3) is 10.9 Å². The average Bonchev–Trinajstić information content (AvgIpc) is 2.84. The Hall–Kier alpha value is -1.59. The topological polar surface area (TPSA) is 48.1 Å². The van der Waals surface area contributed by atoms with Crippen molar-refractivity contribution in [2.24, 2.45) is 0 Å². The third kappa shape index (κ3) is 2.57. The zero-order valence-corrected chi connectivity index (χ0v) is 12.4. The first-order valence-corrected chi connectivity index (χ1v) is 7.40. The molecular formula is C14H11BrN2OS. The van der Waals surface area contributed by atoms with Gasteiger partial charge in [-0.1, -0.05) is 0 Å². The van der Waals surface area contributed by atoms with Gasteiger partial charge < -0.3 is 10.5 Å². The Bertz CT molecular complexity index is 726. The summed E-state index contributed by atoms with van der Waals surface area (Å²) in [5, 5.41) is 2.99. The van der Waals surface area contributed by atoms with Crippen LogP contribution in [-0.2, 0) is 6.61 Å². The standard InChI is InChI=1S/C14H11BrN2OS/c15-9-6-10(19-8-9)7-18-13-4-3-12(16)14-11(13)2-1-5-17-14/h1-6,8H,7,16H2. The molecule has 2 aromatic heterocycles. The summed E-state index contributed by atoms with van der Waals surface area (Å²) in [4.78, 5) is 5.46. The Morgan fingerprint density at radius 2 is 2.21 bits per heavy atom. The van der Waals surface area contributed by atoms with Crippen molar-refractivity contribution in [2.45, 2.75) is 6.61 Å². The number of benzene rings is 1. The van der Waals surface area contributed by atoms with E-state index in [1.165, 1.54) is 4.88 Å². The third-order valence-electron chi connectivity index (χ3n) is 2.75. The Kier molecular flexibility index (Phi) is 3.40. The Labute approximate surface area is 123 Å². The molecule has 0 amide bonds. The summed E-state index contributed by atoms with van der Waals surface area (Å²) in [7, 11) is 0. The van der Waals surface area contributed by atoms with Crippen molar-refractivity contribution < 1.29 is 4.74 Å². The highest BCUT2D eigenvalue weighted by atomic mass is 79.9. The van der Waals surface area contributed by atoms with E-state index in [2.05, 4.69) is 27.0 Å². The molecule has 3 rings (SSSR count). The van der Waals surface area contributed by atoms with Crippen molar-refractivity contribution >= 4 is 43.9 Å². The van der Waals surface area contributed by atoms with Crippen LogP contribution in [0, 0.1) is 0 Å². The van der Waals surface area contributed by atoms with Crippen LogP contribution < -0.4 is 10.5 Å². The maximum Gasteiger partial charge on any atom is 0.129 e. The highest BCUT2D eigenvalue weighted by molar-refractivity contribution is 9.10. The van der Waals surface area contributed by atoms with E-state index >= 15 is 0 Å². The normalized spacial score (nSPS) is 10.8. The van der Waals surface area contributed by atoms with E-state index in [1.807, 2.05) is 29.6 Å². The molecule has 0 atom stereocenters. The second-order valence-corrected chi connectivity index (χ2v) is 5.98. The number of aromatic nitrogens is 1. The van der Waals surface area contributed by atoms with Crippen LogP contribution in [0.4, 0.5) is 5.69 Å². The Morgan fingerprint density at radius 3 is 3.00 bits per heavy atom. The molecule has 0 saturated carbocycles. The van der Waals surface area contributed by atoms with Gasteiger partial charge in [0.05, 0.1) is 11.2 Å². The summed E-state index contributed by atoms with van der Waals surface area (Å²) in [6, 6.07) is 9.63. The first-order chi connectivity index (χ1) is 9.24. The van der Waals surface area contributed by atoms with E-state index in [1.54, 1.807) is 17.5 Å². The van der Waals surface area contributed by atoms with Crippen LogP contribution in [0.2, 0.25) is 0 Å². The molecule has 0 aliphatic heterocycles. The lowest BCUT2D eigenvalue weighted by molar-refractivity contribution is 0.313. The highest BCUT2D eigenvalue weighted by Gasteiger charge is 2.06. The quantitative estimate of drug-likeness (QED) is 0.729. The van der Waals surface area contributed by atoms with E-state index in [0.717, 1.165) is 21.1 Å². The van der Waals surface area contributed by atoms with Gasteiger partial charge in [0, 0.05) is 26.3 Å². The van der Waals surface area contributed by atoms with Crippen LogP contribution in [-0.4, -0.2) is 4.98 Å². The lowest BCUT2D eigenvalue weighted by Crippen LogP contribution is -1.96. The first kappa shape index (κ1) is 12.4. The van der Waals surface area contributed by atoms with Crippen molar-refractivity contribution in [1.29, 1.82) is 0 Å². The molecule has 0 aliphatic carbocycles. The van der Waals surface area contributed by atoms with E-state index in [9.17, 15) is 0 Å². The third-order valence-corrected chi connectivity index (χ3v) is 4.42. The fourth-order valence-electron chi connectivity index (χ4n) is 1.87. The minimum atomic E-state index is 0.546. The molecule has 0 saturated heterocycles. The van der Waals surface area contributed by atoms with Crippen molar-refractivity contribution in [2.75, 3.05) is 5.73 Å². The Morgan fingerprint density at radius 1 is 1.32 bits per heavy atom. The molecule has 2 N–H and O–H groups in total. The molecule has 3 nitrogen and oxygen atoms in total. The van der Waals surface area contributed by atoms with E-state index in [-0.39, 0.29) is 0 Å². The summed E-state index contributed by atoms with van der Waals surface area (Å²) in [6.07, 6.45) is 1.73. The SMILES string of the molecule is Nc1ccc(OCc2cc(Br)cs2)c2cccnc12. The van der Waals surface area contributed by atoms with Crippen LogP contribution in [0.5, 0.6) is 5.75 Å². The number of nitrogens with zero attached hydrogens (tertiary/aromatic N) is 1. The van der Waals surface area contributed by atoms with Crippen molar-refractivity contribution in [3.8, 4) is 5.75 Å². The number of rotatable bonds is 3. The lowest BCUT2D eigenvalue weighted by atomic mass is 10.2. The van der Waals surface area contributed by atoms with Crippen LogP contribution >= 0.6 is 27.3 Å². The minimum absolute atomic E-state index is 0.546. The number of pyridine rings is 1. The fraction of sp³-hybridized carbons (Fsp3) is 0.0714. The van der Waals surface area contributed by atoms with Crippen LogP contribution in [0.3, 0.4) is 0 Å². The maximum absolute atomic E-state index is 5.91. The van der Waals surface area contributed by atoms with Gasteiger partial charge in [0.25, 0.3) is 0 Å². The number of anilines is 1. The zero-order chi connectivity index (χ0) is 13.2. The van der Waals surface area contributed by atoms with Gasteiger partial charge in [0.15, 0.2) is 0 Å². The number of ether oxygens (including phenoxy) is 1. The second-order valence-electron chi connectivity index (χ2n) is 4.07. The minimum Gasteiger partial charge on any atom is -0.487 e. The van der Waals surface area contributed by atoms with Gasteiger partial charge in [0.2, 0.25) is 0 Å². The molecule has 0 radical (unpaired) electrons. The smallest absolute Gasteiger partial charge is 0.129 e. The molecule has 0 fully saturated rings. The number of hydrogen-bond acceptors (Lipinski definition) is 4. The van der Waals surface area contributed by atoms with E-state index in [0.29, 0.717) is 12.3 Å². The van der Waals surface area contributed by atoms with Crippen molar-refractivity contribution in [3.05, 3.63) is 51.3 Å². The molecule has 19 heavy (non-hydrogen) atoms. The van der Waals surface area contributed by atoms with Crippen LogP contribution in [0.15, 0.2) is 46.4 Å². The molecule has 0 aliphatic rings. The molecular weight excluding hydrogens is 324 g/mol. The number of nitrogens with two attached hydrogens (primary N) is 1. The van der Waals surface area contributed by atoms with E-state index < -0.39 is 0 Å². The lowest BCUT2D eigenvalue weighted by Gasteiger charge is -2.09. The average molecular weight is 335 g/mol. The molecule has 2 heterocycles. The largest absolute Gasteiger partial charge is 0.487 e. The molecule has 0 unspecified atom stereocenters. The van der Waals surface area contributed by atoms with Gasteiger partial charge >= 0.3 is 0 Å². The molecule has 5 heteroatoms. The number of nitrogen functional groups attached to an aromatic ring is 1. The van der Waals surface area contributed by atoms with Gasteiger partial charge in [-0.3, -0.25) is 4.98 Å². The summed E-state index contributed by atoms with van der Waals surface area (Å²) in [5.74, 6) is 0.807. The number of thiophene rings is 1. The summed E-state index contributed by atoms with van der Waals surface area (Å²) in [6.45, 7) is 0.546. The van der Waals surface area contributed by atoms with Gasteiger partial charge in [0.1, 0.15) is 12.4 Å². The second kappa shape index (κ2) is 5.19. The number of halogens is 1. The Balaban J connectivity index is 1.91. The first-order valence-electron chi connectivity index (χ1n) is 5.73. The van der Waals surface area contributed by atoms with Crippen molar-refractivity contribution in [3.63, 3.8) is 0 Å². The zero-order valence-electron chi connectivity index (χ0n) is 9.97. The van der Waals surface area contributed by atoms with Gasteiger partial charge in [-0.15, -0.1) is 11.3 Å². The number of hydrogen-bond donors (Lipinski definition) is 1. The molecule has 0 spiro atoms. The maximum atomic E-state index is 5.91. The molecule has 1 aromatic carbocycles. The summed E-state index contributed by atoms with van der Waals surface area (Å²) >= 11 is 5.10. The monoisotopic (exact) mass is 334 g/mol. The molecule has 0 bridgehead atoms. The fourth-order valence-corrected chi connectivity index (χ4v) is 3.23. The highest BCUT2D eigenvalue weighted by Crippen LogP contribution is 2.29. The predicted octanol–water partition coefficient (Wildman–Crippen LogP) is 4.22. The molecule has 3 aromatic rings. The van der Waals surface area contributed by atoms with Gasteiger partial charge in [-0.25, -0.2) is 0 Å².